The summed E-state index contributed by atoms with van der Waals surface area (Å²) >= 11 is 0. The highest BCUT2D eigenvalue weighted by Crippen LogP contribution is 2.29. The maximum atomic E-state index is 9.85. The Morgan fingerprint density at radius 3 is 2.69 bits per heavy atom. The molecule has 3 heteroatoms. The van der Waals surface area contributed by atoms with Gasteiger partial charge < -0.3 is 14.6 Å². The molecule has 3 unspecified atom stereocenters. The Labute approximate surface area is 99.1 Å². The highest BCUT2D eigenvalue weighted by molar-refractivity contribution is 4.80. The van der Waals surface area contributed by atoms with Crippen molar-refractivity contribution in [2.75, 3.05) is 19.8 Å². The maximum Gasteiger partial charge on any atom is 0.0837 e. The van der Waals surface area contributed by atoms with Gasteiger partial charge in [0.25, 0.3) is 0 Å². The molecule has 0 saturated heterocycles. The molecule has 96 valence electrons. The lowest BCUT2D eigenvalue weighted by Gasteiger charge is -2.33. The van der Waals surface area contributed by atoms with Crippen LogP contribution in [0.4, 0.5) is 0 Å². The first-order valence-electron chi connectivity index (χ1n) is 6.65. The van der Waals surface area contributed by atoms with Gasteiger partial charge in [0.1, 0.15) is 0 Å². The van der Waals surface area contributed by atoms with Gasteiger partial charge in [0.2, 0.25) is 0 Å². The predicted octanol–water partition coefficient (Wildman–Crippen LogP) is 2.37. The van der Waals surface area contributed by atoms with Crippen LogP contribution in [0.15, 0.2) is 0 Å². The lowest BCUT2D eigenvalue weighted by atomic mass is 9.83. The summed E-state index contributed by atoms with van der Waals surface area (Å²) in [5.41, 5.74) is 0. The van der Waals surface area contributed by atoms with Crippen molar-refractivity contribution in [1.82, 2.24) is 0 Å². The zero-order valence-corrected chi connectivity index (χ0v) is 10.7. The van der Waals surface area contributed by atoms with Crippen molar-refractivity contribution in [2.45, 2.75) is 58.2 Å². The van der Waals surface area contributed by atoms with Crippen molar-refractivity contribution >= 4 is 0 Å². The van der Waals surface area contributed by atoms with Crippen molar-refractivity contribution in [2.24, 2.45) is 5.92 Å². The van der Waals surface area contributed by atoms with Crippen LogP contribution >= 0.6 is 0 Å². The Kier molecular flexibility index (Phi) is 7.01. The van der Waals surface area contributed by atoms with Gasteiger partial charge in [-0.25, -0.2) is 0 Å². The number of ether oxygens (including phenoxy) is 2. The summed E-state index contributed by atoms with van der Waals surface area (Å²) in [5, 5.41) is 9.85. The van der Waals surface area contributed by atoms with E-state index in [0.717, 1.165) is 31.8 Å². The normalized spacial score (nSPS) is 30.6. The lowest BCUT2D eigenvalue weighted by Crippen LogP contribution is -2.36. The Balaban J connectivity index is 2.21. The third kappa shape index (κ3) is 4.81. The quantitative estimate of drug-likeness (QED) is 0.682. The Morgan fingerprint density at radius 1 is 1.19 bits per heavy atom. The summed E-state index contributed by atoms with van der Waals surface area (Å²) in [7, 11) is 0. The Bertz CT molecular complexity index is 173. The summed E-state index contributed by atoms with van der Waals surface area (Å²) < 4.78 is 10.9. The minimum absolute atomic E-state index is 0.0331. The molecule has 0 radical (unpaired) electrons. The van der Waals surface area contributed by atoms with Crippen LogP contribution in [0.1, 0.15) is 46.0 Å². The molecule has 0 aromatic rings. The molecule has 1 saturated carbocycles. The number of aliphatic hydroxyl groups is 1. The van der Waals surface area contributed by atoms with Crippen LogP contribution < -0.4 is 0 Å². The number of rotatable bonds is 7. The van der Waals surface area contributed by atoms with E-state index in [-0.39, 0.29) is 12.2 Å². The number of hydrogen-bond donors (Lipinski definition) is 1. The van der Waals surface area contributed by atoms with E-state index in [9.17, 15) is 5.11 Å². The van der Waals surface area contributed by atoms with Crippen LogP contribution in [0.3, 0.4) is 0 Å². The van der Waals surface area contributed by atoms with Crippen molar-refractivity contribution in [1.29, 1.82) is 0 Å². The summed E-state index contributed by atoms with van der Waals surface area (Å²) in [6.07, 6.45) is 5.32. The predicted molar refractivity (Wildman–Crippen MR) is 64.5 cm³/mol. The fourth-order valence-electron chi connectivity index (χ4n) is 2.45. The molecule has 0 aliphatic heterocycles. The minimum atomic E-state index is -0.269. The Morgan fingerprint density at radius 2 is 2.00 bits per heavy atom. The van der Waals surface area contributed by atoms with E-state index in [4.69, 9.17) is 9.47 Å². The van der Waals surface area contributed by atoms with Gasteiger partial charge in [0, 0.05) is 6.61 Å². The average molecular weight is 230 g/mol. The molecule has 0 spiro atoms. The second-order valence-corrected chi connectivity index (χ2v) is 4.64. The second kappa shape index (κ2) is 8.04. The van der Waals surface area contributed by atoms with Crippen LogP contribution in [0.2, 0.25) is 0 Å². The molecule has 1 fully saturated rings. The molecule has 0 amide bonds. The van der Waals surface area contributed by atoms with E-state index in [0.29, 0.717) is 13.2 Å². The smallest absolute Gasteiger partial charge is 0.0837 e. The number of hydrogen-bond acceptors (Lipinski definition) is 3. The largest absolute Gasteiger partial charge is 0.390 e. The molecule has 1 aliphatic rings. The average Bonchev–Trinajstić information content (AvgIpc) is 2.29. The topological polar surface area (TPSA) is 38.7 Å². The molecule has 1 N–H and O–H groups in total. The molecule has 0 aromatic carbocycles. The fourth-order valence-corrected chi connectivity index (χ4v) is 2.45. The van der Waals surface area contributed by atoms with Gasteiger partial charge in [-0.15, -0.1) is 0 Å². The van der Waals surface area contributed by atoms with E-state index in [1.165, 1.54) is 12.8 Å². The van der Waals surface area contributed by atoms with Crippen LogP contribution in [-0.4, -0.2) is 37.1 Å². The zero-order valence-electron chi connectivity index (χ0n) is 10.7. The number of aliphatic hydroxyl groups excluding tert-OH is 1. The first kappa shape index (κ1) is 13.9. The van der Waals surface area contributed by atoms with Gasteiger partial charge in [0.15, 0.2) is 0 Å². The molecule has 16 heavy (non-hydrogen) atoms. The van der Waals surface area contributed by atoms with Crippen molar-refractivity contribution in [3.63, 3.8) is 0 Å². The first-order valence-corrected chi connectivity index (χ1v) is 6.65. The van der Waals surface area contributed by atoms with Gasteiger partial charge in [-0.3, -0.25) is 0 Å². The summed E-state index contributed by atoms with van der Waals surface area (Å²) in [5.74, 6) is 0.741. The second-order valence-electron chi connectivity index (χ2n) is 4.64. The fraction of sp³-hybridized carbons (Fsp3) is 1.00. The third-order valence-corrected chi connectivity index (χ3v) is 3.33. The lowest BCUT2D eigenvalue weighted by molar-refractivity contribution is -0.0842. The summed E-state index contributed by atoms with van der Waals surface area (Å²) in [6.45, 7) is 6.17. The third-order valence-electron chi connectivity index (χ3n) is 3.33. The minimum Gasteiger partial charge on any atom is -0.390 e. The van der Waals surface area contributed by atoms with Crippen LogP contribution in [0, 0.1) is 5.92 Å². The van der Waals surface area contributed by atoms with Gasteiger partial charge in [-0.1, -0.05) is 19.8 Å². The summed E-state index contributed by atoms with van der Waals surface area (Å²) in [6, 6.07) is 0. The van der Waals surface area contributed by atoms with E-state index >= 15 is 0 Å². The Hall–Kier alpha value is -0.120. The molecule has 0 bridgehead atoms. The molecule has 3 nitrogen and oxygen atoms in total. The molecular formula is C13H26O3. The summed E-state index contributed by atoms with van der Waals surface area (Å²) in [4.78, 5) is 0. The van der Waals surface area contributed by atoms with E-state index in [1.807, 2.05) is 6.92 Å². The molecule has 3 atom stereocenters. The van der Waals surface area contributed by atoms with E-state index in [1.54, 1.807) is 0 Å². The van der Waals surface area contributed by atoms with Crippen LogP contribution in [0.25, 0.3) is 0 Å². The van der Waals surface area contributed by atoms with Crippen molar-refractivity contribution < 1.29 is 14.6 Å². The first-order chi connectivity index (χ1) is 7.77. The highest BCUT2D eigenvalue weighted by Gasteiger charge is 2.29. The monoisotopic (exact) mass is 230 g/mol. The van der Waals surface area contributed by atoms with Crippen molar-refractivity contribution in [3.8, 4) is 0 Å². The SMILES string of the molecule is CCCC1CCC(O)C(OCCOCC)C1. The standard InChI is InChI=1S/C13H26O3/c1-3-5-11-6-7-12(14)13(10-11)16-9-8-15-4-2/h11-14H,3-10H2,1-2H3. The molecule has 1 aliphatic carbocycles. The van der Waals surface area contributed by atoms with Gasteiger partial charge >= 0.3 is 0 Å². The van der Waals surface area contributed by atoms with E-state index < -0.39 is 0 Å². The van der Waals surface area contributed by atoms with Crippen LogP contribution in [-0.2, 0) is 9.47 Å². The van der Waals surface area contributed by atoms with Crippen molar-refractivity contribution in [3.05, 3.63) is 0 Å². The highest BCUT2D eigenvalue weighted by atomic mass is 16.5. The molecule has 0 heterocycles. The van der Waals surface area contributed by atoms with Gasteiger partial charge in [0.05, 0.1) is 25.4 Å². The van der Waals surface area contributed by atoms with Gasteiger partial charge in [-0.2, -0.15) is 0 Å². The maximum absolute atomic E-state index is 9.85. The molecule has 1 rings (SSSR count). The van der Waals surface area contributed by atoms with E-state index in [2.05, 4.69) is 6.92 Å². The molecule has 0 aromatic heterocycles. The zero-order chi connectivity index (χ0) is 11.8. The molecular weight excluding hydrogens is 204 g/mol. The van der Waals surface area contributed by atoms with Gasteiger partial charge in [-0.05, 0) is 32.1 Å². The van der Waals surface area contributed by atoms with Crippen LogP contribution in [0.5, 0.6) is 0 Å².